The Kier molecular flexibility index (Phi) is 5.35. The standard InChI is InChI=1S/C20H11ClF4N4O3/c21-13-7-9(20(23,24)25)6-12(15(13)22)18(30)27-10-2-1-3-11(8-10)32-14-4-5-26-17-16(14)28-19(31)29-17/h1-8H,(H,27,30)(H2,26,28,29,31). The first-order valence-corrected chi connectivity index (χ1v) is 9.22. The van der Waals surface area contributed by atoms with Crippen LogP contribution in [0.1, 0.15) is 15.9 Å². The van der Waals surface area contributed by atoms with Crippen molar-refractivity contribution in [1.82, 2.24) is 15.0 Å². The van der Waals surface area contributed by atoms with Crippen LogP contribution in [0.3, 0.4) is 0 Å². The lowest BCUT2D eigenvalue weighted by Gasteiger charge is -2.12. The average molecular weight is 467 g/mol. The summed E-state index contributed by atoms with van der Waals surface area (Å²) in [5.41, 5.74) is -1.90. The van der Waals surface area contributed by atoms with E-state index in [9.17, 15) is 27.2 Å². The highest BCUT2D eigenvalue weighted by Gasteiger charge is 2.33. The number of hydrogen-bond donors (Lipinski definition) is 3. The summed E-state index contributed by atoms with van der Waals surface area (Å²) in [5, 5.41) is 1.48. The number of anilines is 1. The molecule has 0 unspecified atom stereocenters. The summed E-state index contributed by atoms with van der Waals surface area (Å²) < 4.78 is 58.9. The summed E-state index contributed by atoms with van der Waals surface area (Å²) in [6.45, 7) is 0. The molecule has 164 valence electrons. The van der Waals surface area contributed by atoms with Crippen LogP contribution in [0.2, 0.25) is 5.02 Å². The smallest absolute Gasteiger partial charge is 0.416 e. The van der Waals surface area contributed by atoms with Gasteiger partial charge >= 0.3 is 11.9 Å². The molecule has 0 spiro atoms. The molecule has 0 aliphatic heterocycles. The molecule has 7 nitrogen and oxygen atoms in total. The molecule has 32 heavy (non-hydrogen) atoms. The van der Waals surface area contributed by atoms with Gasteiger partial charge in [0, 0.05) is 24.0 Å². The van der Waals surface area contributed by atoms with Gasteiger partial charge in [0.25, 0.3) is 5.91 Å². The molecular weight excluding hydrogens is 456 g/mol. The molecule has 0 aliphatic carbocycles. The number of amides is 1. The van der Waals surface area contributed by atoms with Gasteiger partial charge in [0.05, 0.1) is 16.1 Å². The highest BCUT2D eigenvalue weighted by Crippen LogP contribution is 2.34. The molecule has 0 aliphatic rings. The van der Waals surface area contributed by atoms with E-state index in [4.69, 9.17) is 16.3 Å². The molecule has 4 rings (SSSR count). The molecule has 2 aromatic carbocycles. The van der Waals surface area contributed by atoms with Crippen molar-refractivity contribution < 1.29 is 27.1 Å². The number of rotatable bonds is 4. The molecule has 12 heteroatoms. The molecule has 2 heterocycles. The van der Waals surface area contributed by atoms with Gasteiger partial charge < -0.3 is 15.0 Å². The predicted octanol–water partition coefficient (Wildman–Crippen LogP) is 5.11. The van der Waals surface area contributed by atoms with Gasteiger partial charge in [0.1, 0.15) is 11.3 Å². The van der Waals surface area contributed by atoms with Crippen LogP contribution in [0, 0.1) is 5.82 Å². The summed E-state index contributed by atoms with van der Waals surface area (Å²) in [6, 6.07) is 8.11. The molecule has 0 radical (unpaired) electrons. The molecule has 0 saturated heterocycles. The second kappa shape index (κ2) is 8.00. The van der Waals surface area contributed by atoms with Crippen LogP contribution < -0.4 is 15.7 Å². The number of fused-ring (bicyclic) bond motifs is 1. The maximum absolute atomic E-state index is 14.2. The molecule has 4 aromatic rings. The molecule has 1 amide bonds. The molecule has 3 N–H and O–H groups in total. The minimum absolute atomic E-state index is 0.119. The van der Waals surface area contributed by atoms with Gasteiger partial charge in [-0.25, -0.2) is 14.2 Å². The maximum atomic E-state index is 14.2. The zero-order valence-corrected chi connectivity index (χ0v) is 16.4. The van der Waals surface area contributed by atoms with Crippen LogP contribution in [0.15, 0.2) is 53.5 Å². The van der Waals surface area contributed by atoms with Crippen molar-refractivity contribution in [3.8, 4) is 11.5 Å². The number of carbonyl (C=O) groups is 1. The number of ether oxygens (including phenoxy) is 1. The number of aromatic amines is 2. The number of benzene rings is 2. The molecule has 0 fully saturated rings. The summed E-state index contributed by atoms with van der Waals surface area (Å²) >= 11 is 5.53. The second-order valence-corrected chi connectivity index (χ2v) is 6.92. The summed E-state index contributed by atoms with van der Waals surface area (Å²) in [6.07, 6.45) is -3.40. The third-order valence-electron chi connectivity index (χ3n) is 4.30. The van der Waals surface area contributed by atoms with Crippen molar-refractivity contribution >= 4 is 34.4 Å². The Hall–Kier alpha value is -3.86. The second-order valence-electron chi connectivity index (χ2n) is 6.51. The van der Waals surface area contributed by atoms with Crippen LogP contribution in [0.25, 0.3) is 11.2 Å². The zero-order valence-electron chi connectivity index (χ0n) is 15.7. The van der Waals surface area contributed by atoms with Crippen LogP contribution in [-0.2, 0) is 6.18 Å². The quantitative estimate of drug-likeness (QED) is 0.364. The topological polar surface area (TPSA) is 99.9 Å². The van der Waals surface area contributed by atoms with Crippen molar-refractivity contribution in [2.24, 2.45) is 0 Å². The average Bonchev–Trinajstić information content (AvgIpc) is 3.10. The van der Waals surface area contributed by atoms with Crippen LogP contribution in [0.5, 0.6) is 11.5 Å². The van der Waals surface area contributed by atoms with E-state index in [0.29, 0.717) is 17.6 Å². The van der Waals surface area contributed by atoms with Gasteiger partial charge in [-0.2, -0.15) is 13.2 Å². The van der Waals surface area contributed by atoms with Crippen molar-refractivity contribution in [3.63, 3.8) is 0 Å². The number of hydrogen-bond acceptors (Lipinski definition) is 4. The number of imidazole rings is 1. The van der Waals surface area contributed by atoms with Crippen LogP contribution >= 0.6 is 11.6 Å². The van der Waals surface area contributed by atoms with Gasteiger partial charge in [0.15, 0.2) is 17.2 Å². The fourth-order valence-corrected chi connectivity index (χ4v) is 3.10. The predicted molar refractivity (Wildman–Crippen MR) is 108 cm³/mol. The maximum Gasteiger partial charge on any atom is 0.416 e. The third kappa shape index (κ3) is 4.28. The number of nitrogens with one attached hydrogen (secondary N) is 3. The number of nitrogens with zero attached hydrogens (tertiary/aromatic N) is 1. The van der Waals surface area contributed by atoms with E-state index in [1.54, 1.807) is 0 Å². The summed E-state index contributed by atoms with van der Waals surface area (Å²) in [4.78, 5) is 32.9. The summed E-state index contributed by atoms with van der Waals surface area (Å²) in [7, 11) is 0. The van der Waals surface area contributed by atoms with Crippen LogP contribution in [-0.4, -0.2) is 20.9 Å². The number of carbonyl (C=O) groups excluding carboxylic acids is 1. The molecule has 2 aromatic heterocycles. The van der Waals surface area contributed by atoms with E-state index in [1.807, 2.05) is 0 Å². The van der Waals surface area contributed by atoms with Gasteiger partial charge in [0.2, 0.25) is 0 Å². The number of alkyl halides is 3. The lowest BCUT2D eigenvalue weighted by Crippen LogP contribution is -2.16. The Morgan fingerprint density at radius 2 is 1.91 bits per heavy atom. The third-order valence-corrected chi connectivity index (χ3v) is 4.58. The molecule has 0 atom stereocenters. The number of H-pyrrole nitrogens is 2. The minimum atomic E-state index is -4.81. The molecule has 0 saturated carbocycles. The van der Waals surface area contributed by atoms with Gasteiger partial charge in [-0.3, -0.25) is 9.78 Å². The van der Waals surface area contributed by atoms with Gasteiger partial charge in [-0.15, -0.1) is 0 Å². The highest BCUT2D eigenvalue weighted by molar-refractivity contribution is 6.31. The van der Waals surface area contributed by atoms with Crippen molar-refractivity contribution in [2.45, 2.75) is 6.18 Å². The monoisotopic (exact) mass is 466 g/mol. The summed E-state index contributed by atoms with van der Waals surface area (Å²) in [5.74, 6) is -1.93. The van der Waals surface area contributed by atoms with Crippen LogP contribution in [0.4, 0.5) is 23.2 Å². The Morgan fingerprint density at radius 3 is 2.66 bits per heavy atom. The fourth-order valence-electron chi connectivity index (χ4n) is 2.88. The Morgan fingerprint density at radius 1 is 1.12 bits per heavy atom. The Bertz CT molecular complexity index is 1400. The van der Waals surface area contributed by atoms with E-state index >= 15 is 0 Å². The van der Waals surface area contributed by atoms with Crippen molar-refractivity contribution in [2.75, 3.05) is 5.32 Å². The van der Waals surface area contributed by atoms with Crippen molar-refractivity contribution in [1.29, 1.82) is 0 Å². The molecule has 0 bridgehead atoms. The number of halogens is 5. The lowest BCUT2D eigenvalue weighted by atomic mass is 10.1. The lowest BCUT2D eigenvalue weighted by molar-refractivity contribution is -0.137. The number of pyridine rings is 1. The van der Waals surface area contributed by atoms with E-state index < -0.39 is 39.7 Å². The first-order valence-electron chi connectivity index (χ1n) is 8.84. The Labute approximate surface area is 181 Å². The first-order chi connectivity index (χ1) is 15.1. The van der Waals surface area contributed by atoms with E-state index in [2.05, 4.69) is 20.3 Å². The van der Waals surface area contributed by atoms with E-state index in [-0.39, 0.29) is 22.8 Å². The number of aromatic nitrogens is 3. The van der Waals surface area contributed by atoms with E-state index in [0.717, 1.165) is 0 Å². The first kappa shape index (κ1) is 21.4. The Balaban J connectivity index is 1.60. The van der Waals surface area contributed by atoms with Gasteiger partial charge in [-0.05, 0) is 24.3 Å². The highest BCUT2D eigenvalue weighted by atomic mass is 35.5. The molecular formula is C20H11ClF4N4O3. The largest absolute Gasteiger partial charge is 0.455 e. The SMILES string of the molecule is O=C(Nc1cccc(Oc2ccnc3[nH]c(=O)[nH]c23)c1)c1cc(C(F)(F)F)cc(Cl)c1F. The normalized spacial score (nSPS) is 11.5. The van der Waals surface area contributed by atoms with E-state index in [1.165, 1.54) is 36.5 Å². The zero-order chi connectivity index (χ0) is 23.0. The van der Waals surface area contributed by atoms with Crippen molar-refractivity contribution in [3.05, 3.63) is 81.1 Å². The minimum Gasteiger partial charge on any atom is -0.455 e. The van der Waals surface area contributed by atoms with Gasteiger partial charge in [-0.1, -0.05) is 17.7 Å². The fraction of sp³-hybridized carbons (Fsp3) is 0.0500.